The van der Waals surface area contributed by atoms with Crippen molar-refractivity contribution in [2.45, 2.75) is 57.6 Å². The Kier molecular flexibility index (Phi) is 10.5. The predicted octanol–water partition coefficient (Wildman–Crippen LogP) is 5.80. The highest BCUT2D eigenvalue weighted by Gasteiger charge is 2.34. The summed E-state index contributed by atoms with van der Waals surface area (Å²) in [6.07, 6.45) is 0.196. The number of rotatable bonds is 12. The van der Waals surface area contributed by atoms with Crippen LogP contribution in [0.4, 0.5) is 10.1 Å². The van der Waals surface area contributed by atoms with Crippen LogP contribution in [0.5, 0.6) is 0 Å². The van der Waals surface area contributed by atoms with Crippen molar-refractivity contribution in [3.05, 3.63) is 131 Å². The monoisotopic (exact) mass is 615 g/mol. The Labute approximate surface area is 259 Å². The lowest BCUT2D eigenvalue weighted by molar-refractivity contribution is -0.140. The Morgan fingerprint density at radius 2 is 1.34 bits per heavy atom. The average molecular weight is 616 g/mol. The summed E-state index contributed by atoms with van der Waals surface area (Å²) in [5.41, 5.74) is 3.57. The largest absolute Gasteiger partial charge is 0.352 e. The number of halogens is 1. The molecule has 2 amide bonds. The van der Waals surface area contributed by atoms with Crippen molar-refractivity contribution >= 4 is 27.5 Å². The zero-order valence-corrected chi connectivity index (χ0v) is 26.2. The maximum absolute atomic E-state index is 14.4. The van der Waals surface area contributed by atoms with Gasteiger partial charge in [-0.15, -0.1) is 0 Å². The van der Waals surface area contributed by atoms with Gasteiger partial charge in [0.1, 0.15) is 18.4 Å². The van der Waals surface area contributed by atoms with E-state index in [0.717, 1.165) is 21.0 Å². The van der Waals surface area contributed by atoms with Gasteiger partial charge in [0.05, 0.1) is 10.6 Å². The van der Waals surface area contributed by atoms with Crippen LogP contribution in [-0.2, 0) is 32.6 Å². The minimum atomic E-state index is -4.18. The van der Waals surface area contributed by atoms with Gasteiger partial charge < -0.3 is 10.2 Å². The first kappa shape index (κ1) is 32.4. The molecule has 7 nitrogen and oxygen atoms in total. The molecular weight excluding hydrogens is 577 g/mol. The van der Waals surface area contributed by atoms with Crippen LogP contribution in [0.2, 0.25) is 0 Å². The highest BCUT2D eigenvalue weighted by Crippen LogP contribution is 2.26. The number of carbonyl (C=O) groups is 2. The fourth-order valence-corrected chi connectivity index (χ4v) is 6.21. The maximum atomic E-state index is 14.4. The fourth-order valence-electron chi connectivity index (χ4n) is 4.80. The van der Waals surface area contributed by atoms with Crippen LogP contribution in [0.3, 0.4) is 0 Å². The van der Waals surface area contributed by atoms with Gasteiger partial charge in [-0.1, -0.05) is 77.9 Å². The number of hydrogen-bond donors (Lipinski definition) is 1. The Morgan fingerprint density at radius 1 is 0.773 bits per heavy atom. The normalized spacial score (nSPS) is 12.0. The predicted molar refractivity (Wildman–Crippen MR) is 171 cm³/mol. The number of nitrogens with one attached hydrogen (secondary N) is 1. The number of carbonyl (C=O) groups excluding carboxylic acids is 2. The Bertz CT molecular complexity index is 1660. The van der Waals surface area contributed by atoms with Crippen molar-refractivity contribution < 1.29 is 22.4 Å². The summed E-state index contributed by atoms with van der Waals surface area (Å²) >= 11 is 0. The van der Waals surface area contributed by atoms with Crippen LogP contribution in [0.1, 0.15) is 36.1 Å². The van der Waals surface area contributed by atoms with E-state index in [9.17, 15) is 22.4 Å². The van der Waals surface area contributed by atoms with Gasteiger partial charge in [0.25, 0.3) is 10.0 Å². The van der Waals surface area contributed by atoms with E-state index >= 15 is 0 Å². The maximum Gasteiger partial charge on any atom is 0.264 e. The molecule has 9 heteroatoms. The number of sulfonamides is 1. The topological polar surface area (TPSA) is 86.8 Å². The summed E-state index contributed by atoms with van der Waals surface area (Å²) in [5.74, 6) is -1.38. The molecule has 0 unspecified atom stereocenters. The quantitative estimate of drug-likeness (QED) is 0.218. The lowest BCUT2D eigenvalue weighted by atomic mass is 10.0. The molecule has 0 heterocycles. The van der Waals surface area contributed by atoms with E-state index < -0.39 is 34.3 Å². The van der Waals surface area contributed by atoms with Gasteiger partial charge in [-0.2, -0.15) is 0 Å². The number of benzene rings is 4. The number of nitrogens with zero attached hydrogens (tertiary/aromatic N) is 2. The minimum absolute atomic E-state index is 0.0333. The van der Waals surface area contributed by atoms with E-state index in [-0.39, 0.29) is 29.8 Å². The summed E-state index contributed by atoms with van der Waals surface area (Å²) in [6, 6.07) is 27.1. The van der Waals surface area contributed by atoms with Gasteiger partial charge in [0, 0.05) is 19.0 Å². The van der Waals surface area contributed by atoms with Crippen molar-refractivity contribution in [2.75, 3.05) is 10.8 Å². The van der Waals surface area contributed by atoms with Gasteiger partial charge in [-0.25, -0.2) is 12.8 Å². The van der Waals surface area contributed by atoms with Gasteiger partial charge in [0.15, 0.2) is 0 Å². The SMILES string of the molecule is Cc1ccc(N(CC(=O)N(Cc2ccc(F)cc2)[C@@H](Cc2ccccc2)C(=O)NC(C)C)S(=O)(=O)c2ccc(C)cc2)cc1. The molecule has 0 aliphatic heterocycles. The molecule has 0 fully saturated rings. The number of aryl methyl sites for hydroxylation is 2. The van der Waals surface area contributed by atoms with Crippen LogP contribution in [0.25, 0.3) is 0 Å². The lowest BCUT2D eigenvalue weighted by Gasteiger charge is -2.34. The molecule has 230 valence electrons. The van der Waals surface area contributed by atoms with Crippen molar-refractivity contribution in [1.29, 1.82) is 0 Å². The fraction of sp³-hybridized carbons (Fsp3) is 0.257. The van der Waals surface area contributed by atoms with Crippen LogP contribution in [0.15, 0.2) is 108 Å². The van der Waals surface area contributed by atoms with E-state index in [2.05, 4.69) is 5.32 Å². The third kappa shape index (κ3) is 8.32. The summed E-state index contributed by atoms with van der Waals surface area (Å²) in [5, 5.41) is 2.92. The zero-order chi connectivity index (χ0) is 31.9. The molecule has 4 aromatic carbocycles. The second-order valence-corrected chi connectivity index (χ2v) is 13.0. The highest BCUT2D eigenvalue weighted by atomic mass is 32.2. The zero-order valence-electron chi connectivity index (χ0n) is 25.4. The van der Waals surface area contributed by atoms with Crippen molar-refractivity contribution in [3.63, 3.8) is 0 Å². The summed E-state index contributed by atoms with van der Waals surface area (Å²) in [4.78, 5) is 29.5. The van der Waals surface area contributed by atoms with Crippen LogP contribution >= 0.6 is 0 Å². The van der Waals surface area contributed by atoms with Crippen LogP contribution in [0, 0.1) is 19.7 Å². The summed E-state index contributed by atoms with van der Waals surface area (Å²) in [7, 11) is -4.18. The summed E-state index contributed by atoms with van der Waals surface area (Å²) < 4.78 is 43.0. The molecule has 0 radical (unpaired) electrons. The molecule has 0 saturated heterocycles. The smallest absolute Gasteiger partial charge is 0.264 e. The van der Waals surface area contributed by atoms with E-state index in [4.69, 9.17) is 0 Å². The van der Waals surface area contributed by atoms with Gasteiger partial charge in [-0.3, -0.25) is 13.9 Å². The average Bonchev–Trinajstić information content (AvgIpc) is 2.99. The molecule has 0 aliphatic carbocycles. The van der Waals surface area contributed by atoms with E-state index in [0.29, 0.717) is 11.3 Å². The molecule has 0 aromatic heterocycles. The molecule has 44 heavy (non-hydrogen) atoms. The number of amides is 2. The molecule has 1 atom stereocenters. The molecule has 0 spiro atoms. The van der Waals surface area contributed by atoms with Gasteiger partial charge in [-0.05, 0) is 75.2 Å². The van der Waals surface area contributed by atoms with E-state index in [1.54, 1.807) is 48.5 Å². The minimum Gasteiger partial charge on any atom is -0.352 e. The molecule has 0 saturated carbocycles. The first-order valence-electron chi connectivity index (χ1n) is 14.5. The van der Waals surface area contributed by atoms with E-state index in [1.165, 1.54) is 29.2 Å². The van der Waals surface area contributed by atoms with Crippen LogP contribution in [-0.4, -0.2) is 43.8 Å². The Morgan fingerprint density at radius 3 is 1.91 bits per heavy atom. The molecule has 4 rings (SSSR count). The van der Waals surface area contributed by atoms with E-state index in [1.807, 2.05) is 58.0 Å². The van der Waals surface area contributed by atoms with Gasteiger partial charge >= 0.3 is 0 Å². The molecular formula is C35H38FN3O4S. The van der Waals surface area contributed by atoms with Crippen LogP contribution < -0.4 is 9.62 Å². The molecule has 4 aromatic rings. The Hall–Kier alpha value is -4.50. The third-order valence-electron chi connectivity index (χ3n) is 7.18. The summed E-state index contributed by atoms with van der Waals surface area (Å²) in [6.45, 7) is 6.82. The second-order valence-electron chi connectivity index (χ2n) is 11.2. The van der Waals surface area contributed by atoms with Gasteiger partial charge in [0.2, 0.25) is 11.8 Å². The number of hydrogen-bond acceptors (Lipinski definition) is 4. The second kappa shape index (κ2) is 14.3. The first-order valence-corrected chi connectivity index (χ1v) is 15.9. The van der Waals surface area contributed by atoms with Crippen molar-refractivity contribution in [2.24, 2.45) is 0 Å². The molecule has 0 bridgehead atoms. The lowest BCUT2D eigenvalue weighted by Crippen LogP contribution is -2.54. The first-order chi connectivity index (χ1) is 20.9. The molecule has 0 aliphatic rings. The third-order valence-corrected chi connectivity index (χ3v) is 8.97. The Balaban J connectivity index is 1.79. The highest BCUT2D eigenvalue weighted by molar-refractivity contribution is 7.92. The standard InChI is InChI=1S/C35H38FN3O4S/c1-25(2)37-35(41)33(22-28-8-6-5-7-9-28)38(23-29-14-16-30(36)17-15-29)34(40)24-39(31-18-10-26(3)11-19-31)44(42,43)32-20-12-27(4)13-21-32/h5-21,25,33H,22-24H2,1-4H3,(H,37,41)/t33-/m0/s1. The molecule has 1 N–H and O–H groups in total. The number of anilines is 1. The van der Waals surface area contributed by atoms with Crippen molar-refractivity contribution in [3.8, 4) is 0 Å². The van der Waals surface area contributed by atoms with Crippen molar-refractivity contribution in [1.82, 2.24) is 10.2 Å².